The molecule has 1 saturated heterocycles. The van der Waals surface area contributed by atoms with Crippen LogP contribution in [0.3, 0.4) is 0 Å². The van der Waals surface area contributed by atoms with Gasteiger partial charge in [0.15, 0.2) is 5.17 Å². The topological polar surface area (TPSA) is 47.6 Å². The zero-order chi connectivity index (χ0) is 13.3. The van der Waals surface area contributed by atoms with E-state index in [1.165, 1.54) is 5.56 Å². The van der Waals surface area contributed by atoms with Gasteiger partial charge in [-0.25, -0.2) is 0 Å². The van der Waals surface area contributed by atoms with E-state index in [-0.39, 0.29) is 6.10 Å². The second-order valence-corrected chi connectivity index (χ2v) is 5.48. The molecule has 102 valence electrons. The number of nitrogens with two attached hydrogens (primary N) is 1. The predicted molar refractivity (Wildman–Crippen MR) is 83.4 cm³/mol. The van der Waals surface area contributed by atoms with Crippen LogP contribution in [0, 0.1) is 0 Å². The van der Waals surface area contributed by atoms with Crippen molar-refractivity contribution in [3.05, 3.63) is 42.0 Å². The van der Waals surface area contributed by atoms with Crippen molar-refractivity contribution in [2.24, 2.45) is 10.7 Å². The lowest BCUT2D eigenvalue weighted by atomic mass is 10.2. The van der Waals surface area contributed by atoms with Crippen molar-refractivity contribution in [1.29, 1.82) is 0 Å². The summed E-state index contributed by atoms with van der Waals surface area (Å²) in [5.74, 6) is 0.843. The van der Waals surface area contributed by atoms with Gasteiger partial charge in [0.2, 0.25) is 0 Å². The van der Waals surface area contributed by atoms with E-state index in [0.29, 0.717) is 11.7 Å². The van der Waals surface area contributed by atoms with Gasteiger partial charge in [0, 0.05) is 12.4 Å². The van der Waals surface area contributed by atoms with E-state index in [1.807, 2.05) is 18.2 Å². The average molecular weight is 276 g/mol. The van der Waals surface area contributed by atoms with Gasteiger partial charge >= 0.3 is 0 Å². The molecule has 1 fully saturated rings. The summed E-state index contributed by atoms with van der Waals surface area (Å²) in [6.45, 7) is 1.56. The number of nitrogens with zero attached hydrogens (tertiary/aromatic N) is 1. The largest absolute Gasteiger partial charge is 0.379 e. The fourth-order valence-electron chi connectivity index (χ4n) is 1.91. The highest BCUT2D eigenvalue weighted by atomic mass is 32.2. The minimum Gasteiger partial charge on any atom is -0.379 e. The van der Waals surface area contributed by atoms with Gasteiger partial charge in [0.25, 0.3) is 0 Å². The molecule has 0 aromatic heterocycles. The Morgan fingerprint density at radius 3 is 3.00 bits per heavy atom. The molecule has 0 radical (unpaired) electrons. The molecule has 0 amide bonds. The lowest BCUT2D eigenvalue weighted by molar-refractivity contribution is 0.118. The molecular weight excluding hydrogens is 256 g/mol. The first-order valence-electron chi connectivity index (χ1n) is 6.60. The summed E-state index contributed by atoms with van der Waals surface area (Å²) in [7, 11) is 0. The standard InChI is InChI=1S/C15H20N2OS/c16-15(17-12-14-9-4-10-18-14)19-11-5-8-13-6-2-1-3-7-13/h1-3,5-8,14H,4,9-12H2,(H2,16,17)/b8-5+/t14-/m1/s1. The number of aliphatic imine (C=N–C) groups is 1. The monoisotopic (exact) mass is 276 g/mol. The summed E-state index contributed by atoms with van der Waals surface area (Å²) in [4.78, 5) is 4.35. The number of benzene rings is 1. The first-order valence-corrected chi connectivity index (χ1v) is 7.59. The van der Waals surface area contributed by atoms with E-state index in [0.717, 1.165) is 25.2 Å². The van der Waals surface area contributed by atoms with Crippen LogP contribution >= 0.6 is 11.8 Å². The highest BCUT2D eigenvalue weighted by molar-refractivity contribution is 8.13. The molecule has 0 aliphatic carbocycles. The Labute approximate surface area is 118 Å². The third kappa shape index (κ3) is 5.49. The molecule has 2 N–H and O–H groups in total. The number of hydrogen-bond acceptors (Lipinski definition) is 3. The molecule has 0 saturated carbocycles. The van der Waals surface area contributed by atoms with Gasteiger partial charge < -0.3 is 10.5 Å². The van der Waals surface area contributed by atoms with Crippen LogP contribution in [0.2, 0.25) is 0 Å². The fourth-order valence-corrected chi connectivity index (χ4v) is 2.44. The Balaban J connectivity index is 1.67. The Bertz CT molecular complexity index is 425. The van der Waals surface area contributed by atoms with E-state index >= 15 is 0 Å². The van der Waals surface area contributed by atoms with Crippen molar-refractivity contribution in [3.8, 4) is 0 Å². The predicted octanol–water partition coefficient (Wildman–Crippen LogP) is 2.93. The third-order valence-electron chi connectivity index (χ3n) is 2.91. The van der Waals surface area contributed by atoms with Crippen molar-refractivity contribution in [2.45, 2.75) is 18.9 Å². The number of ether oxygens (including phenoxy) is 1. The van der Waals surface area contributed by atoms with E-state index in [1.54, 1.807) is 11.8 Å². The van der Waals surface area contributed by atoms with Gasteiger partial charge in [0.1, 0.15) is 0 Å². The zero-order valence-corrected chi connectivity index (χ0v) is 11.8. The molecule has 1 atom stereocenters. The van der Waals surface area contributed by atoms with Crippen molar-refractivity contribution in [1.82, 2.24) is 0 Å². The van der Waals surface area contributed by atoms with Crippen molar-refractivity contribution < 1.29 is 4.74 Å². The molecule has 2 rings (SSSR count). The molecule has 1 aromatic carbocycles. The normalized spacial score (nSPS) is 20.2. The lowest BCUT2D eigenvalue weighted by Gasteiger charge is -2.05. The van der Waals surface area contributed by atoms with E-state index < -0.39 is 0 Å². The summed E-state index contributed by atoms with van der Waals surface area (Å²) < 4.78 is 5.50. The lowest BCUT2D eigenvalue weighted by Crippen LogP contribution is -2.14. The second kappa shape index (κ2) is 8.02. The van der Waals surface area contributed by atoms with E-state index in [2.05, 4.69) is 29.3 Å². The quantitative estimate of drug-likeness (QED) is 0.664. The van der Waals surface area contributed by atoms with Gasteiger partial charge in [-0.3, -0.25) is 4.99 Å². The highest BCUT2D eigenvalue weighted by Gasteiger charge is 2.14. The molecule has 0 bridgehead atoms. The van der Waals surface area contributed by atoms with Gasteiger partial charge in [-0.15, -0.1) is 0 Å². The maximum atomic E-state index is 5.85. The van der Waals surface area contributed by atoms with Crippen LogP contribution in [0.5, 0.6) is 0 Å². The maximum absolute atomic E-state index is 5.85. The number of rotatable bonds is 5. The van der Waals surface area contributed by atoms with Gasteiger partial charge in [-0.05, 0) is 18.4 Å². The summed E-state index contributed by atoms with van der Waals surface area (Å²) in [6.07, 6.45) is 6.73. The first kappa shape index (κ1) is 14.2. The smallest absolute Gasteiger partial charge is 0.154 e. The molecule has 0 unspecified atom stereocenters. The van der Waals surface area contributed by atoms with Gasteiger partial charge in [-0.1, -0.05) is 54.2 Å². The summed E-state index contributed by atoms with van der Waals surface area (Å²) in [6, 6.07) is 10.2. The Hall–Kier alpha value is -1.26. The number of thioether (sulfide) groups is 1. The van der Waals surface area contributed by atoms with Crippen LogP contribution < -0.4 is 5.73 Å². The molecular formula is C15H20N2OS. The fraction of sp³-hybridized carbons (Fsp3) is 0.400. The molecule has 4 heteroatoms. The van der Waals surface area contributed by atoms with Gasteiger partial charge in [-0.2, -0.15) is 0 Å². The Kier molecular flexibility index (Phi) is 5.98. The average Bonchev–Trinajstić information content (AvgIpc) is 2.96. The summed E-state index contributed by atoms with van der Waals surface area (Å²) in [5.41, 5.74) is 7.06. The van der Waals surface area contributed by atoms with Crippen molar-refractivity contribution >= 4 is 23.0 Å². The third-order valence-corrected chi connectivity index (χ3v) is 3.70. The van der Waals surface area contributed by atoms with Crippen LogP contribution in [-0.4, -0.2) is 30.2 Å². The molecule has 1 aliphatic heterocycles. The Morgan fingerprint density at radius 2 is 2.26 bits per heavy atom. The zero-order valence-electron chi connectivity index (χ0n) is 11.0. The molecule has 1 aliphatic rings. The van der Waals surface area contributed by atoms with E-state index in [9.17, 15) is 0 Å². The van der Waals surface area contributed by atoms with Gasteiger partial charge in [0.05, 0.1) is 12.6 Å². The Morgan fingerprint density at radius 1 is 1.42 bits per heavy atom. The maximum Gasteiger partial charge on any atom is 0.154 e. The molecule has 19 heavy (non-hydrogen) atoms. The van der Waals surface area contributed by atoms with Crippen molar-refractivity contribution in [2.75, 3.05) is 18.9 Å². The second-order valence-electron chi connectivity index (χ2n) is 4.44. The molecule has 0 spiro atoms. The van der Waals surface area contributed by atoms with Crippen LogP contribution in [-0.2, 0) is 4.74 Å². The molecule has 1 aromatic rings. The number of hydrogen-bond donors (Lipinski definition) is 1. The van der Waals surface area contributed by atoms with Crippen LogP contribution in [0.4, 0.5) is 0 Å². The highest BCUT2D eigenvalue weighted by Crippen LogP contribution is 2.12. The summed E-state index contributed by atoms with van der Waals surface area (Å²) >= 11 is 1.56. The number of amidine groups is 1. The van der Waals surface area contributed by atoms with Crippen LogP contribution in [0.25, 0.3) is 6.08 Å². The minimum absolute atomic E-state index is 0.277. The summed E-state index contributed by atoms with van der Waals surface area (Å²) in [5, 5.41) is 0.646. The minimum atomic E-state index is 0.277. The molecule has 1 heterocycles. The van der Waals surface area contributed by atoms with Crippen LogP contribution in [0.1, 0.15) is 18.4 Å². The van der Waals surface area contributed by atoms with E-state index in [4.69, 9.17) is 10.5 Å². The van der Waals surface area contributed by atoms with Crippen molar-refractivity contribution in [3.63, 3.8) is 0 Å². The first-order chi connectivity index (χ1) is 9.34. The SMILES string of the molecule is NC(=NC[C@H]1CCCO1)SC/C=C/c1ccccc1. The molecule has 3 nitrogen and oxygen atoms in total. The van der Waals surface area contributed by atoms with Crippen LogP contribution in [0.15, 0.2) is 41.4 Å².